The molecule has 1 fully saturated rings. The van der Waals surface area contributed by atoms with E-state index >= 15 is 0 Å². The maximum atomic E-state index is 10.9. The molecule has 1 aliphatic carbocycles. The quantitative estimate of drug-likeness (QED) is 0.373. The molecule has 1 saturated carbocycles. The Morgan fingerprint density at radius 1 is 1.41 bits per heavy atom. The minimum absolute atomic E-state index is 0.0434. The van der Waals surface area contributed by atoms with Gasteiger partial charge in [0.15, 0.2) is 0 Å². The van der Waals surface area contributed by atoms with Gasteiger partial charge >= 0.3 is 13.1 Å². The van der Waals surface area contributed by atoms with Crippen LogP contribution in [0.15, 0.2) is 0 Å². The zero-order valence-corrected chi connectivity index (χ0v) is 9.84. The summed E-state index contributed by atoms with van der Waals surface area (Å²) in [6, 6.07) is 0. The second kappa shape index (κ2) is 6.35. The Bertz CT molecular complexity index is 253. The monoisotopic (exact) mass is 245 g/mol. The highest BCUT2D eigenvalue weighted by Crippen LogP contribution is 2.28. The Kier molecular flexibility index (Phi) is 5.39. The molecule has 17 heavy (non-hydrogen) atoms. The van der Waals surface area contributed by atoms with Crippen molar-refractivity contribution in [3.8, 4) is 0 Å². The molecule has 0 heterocycles. The highest BCUT2D eigenvalue weighted by molar-refractivity contribution is 6.40. The summed E-state index contributed by atoms with van der Waals surface area (Å²) in [4.78, 5) is 10.9. The lowest BCUT2D eigenvalue weighted by atomic mass is 9.81. The second-order valence-corrected chi connectivity index (χ2v) is 4.65. The number of carboxylic acids is 1. The number of aliphatic carboxylic acids is 1. The molecule has 0 saturated heterocycles. The number of carboxylic acid groups (broad SMARTS) is 1. The van der Waals surface area contributed by atoms with Gasteiger partial charge in [-0.15, -0.1) is 0 Å². The van der Waals surface area contributed by atoms with Crippen LogP contribution in [0.1, 0.15) is 32.1 Å². The van der Waals surface area contributed by atoms with E-state index in [9.17, 15) is 4.79 Å². The first-order valence-electron chi connectivity index (χ1n) is 5.94. The molecule has 0 aromatic carbocycles. The van der Waals surface area contributed by atoms with Crippen molar-refractivity contribution in [2.45, 2.75) is 50.1 Å². The number of hydrogen-bond acceptors (Lipinski definition) is 5. The summed E-state index contributed by atoms with van der Waals surface area (Å²) >= 11 is 0. The summed E-state index contributed by atoms with van der Waals surface area (Å²) in [5.74, 6) is -0.945. The van der Waals surface area contributed by atoms with E-state index < -0.39 is 18.6 Å². The Labute approximate surface area is 101 Å². The van der Waals surface area contributed by atoms with Crippen LogP contribution in [0.2, 0.25) is 6.32 Å². The van der Waals surface area contributed by atoms with Crippen molar-refractivity contribution in [3.05, 3.63) is 0 Å². The summed E-state index contributed by atoms with van der Waals surface area (Å²) in [5.41, 5.74) is 4.64. The molecular weight excluding hydrogens is 225 g/mol. The summed E-state index contributed by atoms with van der Waals surface area (Å²) in [6.07, 6.45) is 3.06. The molecule has 0 aromatic rings. The minimum atomic E-state index is -1.28. The van der Waals surface area contributed by atoms with Crippen molar-refractivity contribution in [2.75, 3.05) is 6.61 Å². The normalized spacial score (nSPS) is 29.0. The lowest BCUT2D eigenvalue weighted by molar-refractivity contribution is -0.145. The number of nitrogens with two attached hydrogens (primary N) is 1. The van der Waals surface area contributed by atoms with Crippen molar-refractivity contribution >= 4 is 13.1 Å². The fourth-order valence-electron chi connectivity index (χ4n) is 2.00. The molecular formula is C10H20BNO5. The standard InChI is InChI=1S/C10H20BNO5/c12-10(9(13)14)4-2-8(3-5-10)17-7-1-6-11(15)16/h8,15-16H,1-7,12H2,(H,13,14). The van der Waals surface area contributed by atoms with Crippen molar-refractivity contribution in [1.29, 1.82) is 0 Å². The third-order valence-electron chi connectivity index (χ3n) is 3.21. The molecule has 5 N–H and O–H groups in total. The predicted octanol–water partition coefficient (Wildman–Crippen LogP) is -0.409. The van der Waals surface area contributed by atoms with Gasteiger partial charge in [-0.2, -0.15) is 0 Å². The smallest absolute Gasteiger partial charge is 0.451 e. The average Bonchev–Trinajstić information content (AvgIpc) is 2.26. The van der Waals surface area contributed by atoms with E-state index in [2.05, 4.69) is 0 Å². The predicted molar refractivity (Wildman–Crippen MR) is 62.4 cm³/mol. The number of carbonyl (C=O) groups is 1. The van der Waals surface area contributed by atoms with Crippen LogP contribution < -0.4 is 5.73 Å². The maximum absolute atomic E-state index is 10.9. The fourth-order valence-corrected chi connectivity index (χ4v) is 2.00. The molecule has 0 amide bonds. The number of ether oxygens (including phenoxy) is 1. The van der Waals surface area contributed by atoms with Gasteiger partial charge in [0.25, 0.3) is 0 Å². The number of rotatable bonds is 6. The first-order chi connectivity index (χ1) is 7.94. The summed E-state index contributed by atoms with van der Waals surface area (Å²) in [7, 11) is -1.28. The Balaban J connectivity index is 2.17. The number of hydrogen-bond donors (Lipinski definition) is 4. The zero-order valence-electron chi connectivity index (χ0n) is 9.84. The molecule has 0 atom stereocenters. The van der Waals surface area contributed by atoms with Crippen molar-refractivity contribution in [1.82, 2.24) is 0 Å². The van der Waals surface area contributed by atoms with Gasteiger partial charge < -0.3 is 25.6 Å². The van der Waals surface area contributed by atoms with E-state index in [1.54, 1.807) is 0 Å². The molecule has 0 aliphatic heterocycles. The average molecular weight is 245 g/mol. The molecule has 0 bridgehead atoms. The van der Waals surface area contributed by atoms with Gasteiger partial charge in [0.2, 0.25) is 0 Å². The largest absolute Gasteiger partial charge is 0.480 e. The molecule has 0 aromatic heterocycles. The van der Waals surface area contributed by atoms with Crippen molar-refractivity contribution < 1.29 is 24.7 Å². The van der Waals surface area contributed by atoms with Crippen LogP contribution in [-0.2, 0) is 9.53 Å². The van der Waals surface area contributed by atoms with Crippen LogP contribution in [0, 0.1) is 0 Å². The topological polar surface area (TPSA) is 113 Å². The first kappa shape index (κ1) is 14.4. The van der Waals surface area contributed by atoms with Crippen LogP contribution in [0.25, 0.3) is 0 Å². The Morgan fingerprint density at radius 2 is 2.00 bits per heavy atom. The van der Waals surface area contributed by atoms with E-state index in [4.69, 9.17) is 25.6 Å². The fraction of sp³-hybridized carbons (Fsp3) is 0.900. The minimum Gasteiger partial charge on any atom is -0.480 e. The summed E-state index contributed by atoms with van der Waals surface area (Å²) in [5, 5.41) is 26.2. The van der Waals surface area contributed by atoms with E-state index in [-0.39, 0.29) is 6.10 Å². The lowest BCUT2D eigenvalue weighted by Gasteiger charge is -2.33. The summed E-state index contributed by atoms with van der Waals surface area (Å²) in [6.45, 7) is 0.465. The van der Waals surface area contributed by atoms with Gasteiger partial charge in [-0.05, 0) is 38.4 Å². The van der Waals surface area contributed by atoms with Gasteiger partial charge in [-0.1, -0.05) is 0 Å². The lowest BCUT2D eigenvalue weighted by Crippen LogP contribution is -2.51. The van der Waals surface area contributed by atoms with Crippen LogP contribution in [0.3, 0.4) is 0 Å². The SMILES string of the molecule is NC1(C(=O)O)CCC(OCCCB(O)O)CC1. The van der Waals surface area contributed by atoms with Gasteiger partial charge in [0.05, 0.1) is 6.10 Å². The van der Waals surface area contributed by atoms with E-state index in [0.717, 1.165) is 0 Å². The van der Waals surface area contributed by atoms with Crippen LogP contribution in [0.4, 0.5) is 0 Å². The van der Waals surface area contributed by atoms with Gasteiger partial charge in [0.1, 0.15) is 5.54 Å². The highest BCUT2D eigenvalue weighted by Gasteiger charge is 2.38. The molecule has 1 aliphatic rings. The van der Waals surface area contributed by atoms with Crippen LogP contribution in [0.5, 0.6) is 0 Å². The molecule has 1 rings (SSSR count). The maximum Gasteiger partial charge on any atom is 0.451 e. The molecule has 0 radical (unpaired) electrons. The third-order valence-corrected chi connectivity index (χ3v) is 3.21. The Morgan fingerprint density at radius 3 is 2.47 bits per heavy atom. The van der Waals surface area contributed by atoms with Crippen molar-refractivity contribution in [3.63, 3.8) is 0 Å². The highest BCUT2D eigenvalue weighted by atomic mass is 16.5. The van der Waals surface area contributed by atoms with Crippen LogP contribution >= 0.6 is 0 Å². The van der Waals surface area contributed by atoms with Crippen LogP contribution in [-0.4, -0.2) is 46.5 Å². The Hall–Kier alpha value is -0.625. The third kappa shape index (κ3) is 4.63. The first-order valence-corrected chi connectivity index (χ1v) is 5.94. The zero-order chi connectivity index (χ0) is 12.9. The molecule has 6 nitrogen and oxygen atoms in total. The van der Waals surface area contributed by atoms with Gasteiger partial charge in [-0.3, -0.25) is 4.79 Å². The van der Waals surface area contributed by atoms with Gasteiger partial charge in [0, 0.05) is 6.61 Å². The molecule has 0 unspecified atom stereocenters. The molecule has 7 heteroatoms. The second-order valence-electron chi connectivity index (χ2n) is 4.65. The van der Waals surface area contributed by atoms with E-state index in [1.807, 2.05) is 0 Å². The molecule has 0 spiro atoms. The van der Waals surface area contributed by atoms with E-state index in [1.165, 1.54) is 0 Å². The van der Waals surface area contributed by atoms with E-state index in [0.29, 0.717) is 45.0 Å². The summed E-state index contributed by atoms with van der Waals surface area (Å²) < 4.78 is 5.54. The van der Waals surface area contributed by atoms with Gasteiger partial charge in [-0.25, -0.2) is 0 Å². The molecule has 98 valence electrons. The van der Waals surface area contributed by atoms with Crippen molar-refractivity contribution in [2.24, 2.45) is 5.73 Å².